The van der Waals surface area contributed by atoms with Crippen LogP contribution in [0.2, 0.25) is 0 Å². The number of nitrogens with one attached hydrogen (secondary N) is 2. The quantitative estimate of drug-likeness (QED) is 0.438. The van der Waals surface area contributed by atoms with E-state index in [2.05, 4.69) is 15.8 Å². The van der Waals surface area contributed by atoms with Crippen LogP contribution in [0.4, 0.5) is 5.69 Å². The number of methoxy groups -OCH3 is 4. The Kier molecular flexibility index (Phi) is 7.04. The van der Waals surface area contributed by atoms with Gasteiger partial charge < -0.3 is 24.3 Å². The van der Waals surface area contributed by atoms with Gasteiger partial charge in [-0.2, -0.15) is 5.10 Å². The molecule has 7 nitrogen and oxygen atoms in total. The number of nitrogens with zero attached hydrogens (tertiary/aromatic N) is 1. The molecule has 0 aliphatic rings. The van der Waals surface area contributed by atoms with Crippen molar-refractivity contribution in [2.24, 2.45) is 5.10 Å². The molecule has 0 spiro atoms. The molecule has 0 saturated heterocycles. The summed E-state index contributed by atoms with van der Waals surface area (Å²) < 4.78 is 21.1. The summed E-state index contributed by atoms with van der Waals surface area (Å²) in [5.41, 5.74) is 4.24. The van der Waals surface area contributed by atoms with Crippen molar-refractivity contribution in [3.8, 4) is 23.0 Å². The van der Waals surface area contributed by atoms with Gasteiger partial charge in [0.15, 0.2) is 5.11 Å². The molecule has 0 aliphatic heterocycles. The standard InChI is InChI=1S/C18H21N3O4S/c1-22-13-7-5-12(6-8-13)20-18(26)21-19-11-15-16(24-3)9-14(23-2)10-17(15)25-4/h5-11H,1-4H3,(H2,20,21,26)/b19-11-. The lowest BCUT2D eigenvalue weighted by Crippen LogP contribution is -2.23. The van der Waals surface area contributed by atoms with Crippen molar-refractivity contribution in [2.75, 3.05) is 33.8 Å². The van der Waals surface area contributed by atoms with Gasteiger partial charge in [0.05, 0.1) is 40.2 Å². The Balaban J connectivity index is 2.05. The summed E-state index contributed by atoms with van der Waals surface area (Å²) in [6, 6.07) is 10.9. The summed E-state index contributed by atoms with van der Waals surface area (Å²) in [5.74, 6) is 2.54. The largest absolute Gasteiger partial charge is 0.497 e. The topological polar surface area (TPSA) is 73.3 Å². The molecule has 2 aromatic rings. The van der Waals surface area contributed by atoms with Gasteiger partial charge in [-0.3, -0.25) is 5.43 Å². The van der Waals surface area contributed by atoms with Gasteiger partial charge in [-0.15, -0.1) is 0 Å². The van der Waals surface area contributed by atoms with E-state index in [1.54, 1.807) is 46.8 Å². The van der Waals surface area contributed by atoms with Crippen LogP contribution >= 0.6 is 12.2 Å². The highest BCUT2D eigenvalue weighted by atomic mass is 32.1. The molecule has 0 saturated carbocycles. The van der Waals surface area contributed by atoms with Gasteiger partial charge in [-0.25, -0.2) is 0 Å². The molecule has 0 atom stereocenters. The predicted molar refractivity (Wildman–Crippen MR) is 106 cm³/mol. The minimum absolute atomic E-state index is 0.345. The molecule has 0 amide bonds. The van der Waals surface area contributed by atoms with E-state index in [1.165, 1.54) is 0 Å². The number of anilines is 1. The highest BCUT2D eigenvalue weighted by Gasteiger charge is 2.11. The van der Waals surface area contributed by atoms with Crippen molar-refractivity contribution < 1.29 is 18.9 Å². The monoisotopic (exact) mass is 375 g/mol. The molecule has 2 rings (SSSR count). The smallest absolute Gasteiger partial charge is 0.191 e. The lowest BCUT2D eigenvalue weighted by Gasteiger charge is -2.12. The van der Waals surface area contributed by atoms with E-state index in [0.29, 0.717) is 27.9 Å². The van der Waals surface area contributed by atoms with Crippen LogP contribution in [0.3, 0.4) is 0 Å². The molecule has 138 valence electrons. The van der Waals surface area contributed by atoms with Crippen molar-refractivity contribution in [3.63, 3.8) is 0 Å². The second kappa shape index (κ2) is 9.47. The number of hydrogen-bond acceptors (Lipinski definition) is 6. The van der Waals surface area contributed by atoms with Crippen molar-refractivity contribution in [2.45, 2.75) is 0 Å². The molecule has 2 aromatic carbocycles. The van der Waals surface area contributed by atoms with Crippen molar-refractivity contribution in [1.82, 2.24) is 5.43 Å². The number of hydrazone groups is 1. The molecule has 0 heterocycles. The average Bonchev–Trinajstić information content (AvgIpc) is 2.68. The molecule has 0 aromatic heterocycles. The van der Waals surface area contributed by atoms with Gasteiger partial charge in [0.1, 0.15) is 23.0 Å². The Morgan fingerprint density at radius 2 is 1.46 bits per heavy atom. The zero-order valence-electron chi connectivity index (χ0n) is 15.0. The molecular formula is C18H21N3O4S. The van der Waals surface area contributed by atoms with Crippen LogP contribution in [0.1, 0.15) is 5.56 Å². The van der Waals surface area contributed by atoms with E-state index < -0.39 is 0 Å². The molecule has 0 radical (unpaired) electrons. The Morgan fingerprint density at radius 3 is 1.96 bits per heavy atom. The first kappa shape index (κ1) is 19.3. The van der Waals surface area contributed by atoms with E-state index in [4.69, 9.17) is 31.2 Å². The van der Waals surface area contributed by atoms with Crippen molar-refractivity contribution >= 4 is 29.2 Å². The summed E-state index contributed by atoms with van der Waals surface area (Å²) in [5, 5.41) is 7.51. The lowest BCUT2D eigenvalue weighted by atomic mass is 10.2. The second-order valence-corrected chi connectivity index (χ2v) is 5.41. The maximum absolute atomic E-state index is 5.37. The highest BCUT2D eigenvalue weighted by Crippen LogP contribution is 2.32. The SMILES string of the molecule is COc1ccc(NC(=S)N/N=C\c2c(OC)cc(OC)cc2OC)cc1. The number of thiocarbonyl (C=S) groups is 1. The normalized spacial score (nSPS) is 10.3. The third-order valence-electron chi connectivity index (χ3n) is 3.46. The van der Waals surface area contributed by atoms with E-state index >= 15 is 0 Å². The molecule has 0 bridgehead atoms. The van der Waals surface area contributed by atoms with E-state index in [-0.39, 0.29) is 0 Å². The first-order valence-corrected chi connectivity index (χ1v) is 8.06. The van der Waals surface area contributed by atoms with Crippen molar-refractivity contribution in [1.29, 1.82) is 0 Å². The van der Waals surface area contributed by atoms with Crippen LogP contribution in [-0.4, -0.2) is 39.8 Å². The van der Waals surface area contributed by atoms with Crippen LogP contribution in [0, 0.1) is 0 Å². The molecule has 8 heteroatoms. The fraction of sp³-hybridized carbons (Fsp3) is 0.222. The Hall–Kier alpha value is -3.00. The number of rotatable bonds is 7. The minimum Gasteiger partial charge on any atom is -0.497 e. The Bertz CT molecular complexity index is 754. The average molecular weight is 375 g/mol. The summed E-state index contributed by atoms with van der Waals surface area (Å²) >= 11 is 5.22. The molecule has 0 fully saturated rings. The van der Waals surface area contributed by atoms with Gasteiger partial charge in [0.25, 0.3) is 0 Å². The summed E-state index contributed by atoms with van der Waals surface area (Å²) in [7, 11) is 6.32. The van der Waals surface area contributed by atoms with Crippen molar-refractivity contribution in [3.05, 3.63) is 42.0 Å². The molecule has 0 aliphatic carbocycles. The number of ether oxygens (including phenoxy) is 4. The van der Waals surface area contributed by atoms with Crippen LogP contribution in [0.25, 0.3) is 0 Å². The fourth-order valence-electron chi connectivity index (χ4n) is 2.15. The second-order valence-electron chi connectivity index (χ2n) is 5.00. The Morgan fingerprint density at radius 1 is 0.885 bits per heavy atom. The van der Waals surface area contributed by atoms with E-state index in [0.717, 1.165) is 11.4 Å². The maximum atomic E-state index is 5.37. The minimum atomic E-state index is 0.345. The zero-order chi connectivity index (χ0) is 18.9. The molecule has 2 N–H and O–H groups in total. The number of benzene rings is 2. The van der Waals surface area contributed by atoms with E-state index in [9.17, 15) is 0 Å². The first-order chi connectivity index (χ1) is 12.6. The van der Waals surface area contributed by atoms with Gasteiger partial charge in [0.2, 0.25) is 0 Å². The van der Waals surface area contributed by atoms with Gasteiger partial charge >= 0.3 is 0 Å². The van der Waals surface area contributed by atoms with Crippen LogP contribution in [0.15, 0.2) is 41.5 Å². The lowest BCUT2D eigenvalue weighted by molar-refractivity contribution is 0.374. The molecular weight excluding hydrogens is 354 g/mol. The van der Waals surface area contributed by atoms with Gasteiger partial charge in [-0.05, 0) is 36.5 Å². The molecule has 26 heavy (non-hydrogen) atoms. The molecule has 0 unspecified atom stereocenters. The van der Waals surface area contributed by atoms with Crippen LogP contribution in [0.5, 0.6) is 23.0 Å². The number of hydrogen-bond donors (Lipinski definition) is 2. The van der Waals surface area contributed by atoms with Crippen LogP contribution in [-0.2, 0) is 0 Å². The predicted octanol–water partition coefficient (Wildman–Crippen LogP) is 3.04. The van der Waals surface area contributed by atoms with Crippen LogP contribution < -0.4 is 29.7 Å². The zero-order valence-corrected chi connectivity index (χ0v) is 15.8. The van der Waals surface area contributed by atoms with E-state index in [1.807, 2.05) is 24.3 Å². The maximum Gasteiger partial charge on any atom is 0.191 e. The summed E-state index contributed by atoms with van der Waals surface area (Å²) in [4.78, 5) is 0. The Labute approximate surface area is 157 Å². The van der Waals surface area contributed by atoms with Gasteiger partial charge in [0, 0.05) is 17.8 Å². The third-order valence-corrected chi connectivity index (χ3v) is 3.65. The van der Waals surface area contributed by atoms with Gasteiger partial charge in [-0.1, -0.05) is 0 Å². The summed E-state index contributed by atoms with van der Waals surface area (Å²) in [6.45, 7) is 0. The first-order valence-electron chi connectivity index (χ1n) is 7.65. The fourth-order valence-corrected chi connectivity index (χ4v) is 2.32. The highest BCUT2D eigenvalue weighted by molar-refractivity contribution is 7.80. The summed E-state index contributed by atoms with van der Waals surface area (Å²) in [6.07, 6.45) is 1.57. The third kappa shape index (κ3) is 5.00.